The van der Waals surface area contributed by atoms with Crippen LogP contribution in [0.5, 0.6) is 5.75 Å². The van der Waals surface area contributed by atoms with Crippen molar-refractivity contribution in [3.05, 3.63) is 59.5 Å². The third kappa shape index (κ3) is 2.89. The fourth-order valence-corrected chi connectivity index (χ4v) is 4.90. The molecule has 3 aliphatic rings. The number of benzene rings is 1. The Bertz CT molecular complexity index is 951. The number of aromatic nitrogens is 1. The lowest BCUT2D eigenvalue weighted by Gasteiger charge is -2.19. The molecule has 5 nitrogen and oxygen atoms in total. The molecule has 1 N–H and O–H groups in total. The maximum absolute atomic E-state index is 13.6. The lowest BCUT2D eigenvalue weighted by molar-refractivity contribution is 0.0934. The van der Waals surface area contributed by atoms with Crippen molar-refractivity contribution in [3.63, 3.8) is 0 Å². The second kappa shape index (κ2) is 6.43. The van der Waals surface area contributed by atoms with Gasteiger partial charge in [0.1, 0.15) is 12.4 Å². The minimum absolute atomic E-state index is 0.0952. The Morgan fingerprint density at radius 1 is 1.29 bits per heavy atom. The molecule has 2 saturated carbocycles. The van der Waals surface area contributed by atoms with Crippen molar-refractivity contribution in [2.75, 3.05) is 6.54 Å². The Balaban J connectivity index is 1.15. The van der Waals surface area contributed by atoms with E-state index in [4.69, 9.17) is 9.26 Å². The van der Waals surface area contributed by atoms with Crippen LogP contribution >= 0.6 is 0 Å². The third-order valence-corrected chi connectivity index (χ3v) is 6.43. The van der Waals surface area contributed by atoms with Crippen LogP contribution in [0.25, 0.3) is 0 Å². The molecule has 1 heterocycles. The molecule has 2 bridgehead atoms. The van der Waals surface area contributed by atoms with Gasteiger partial charge in [0.25, 0.3) is 5.91 Å². The Morgan fingerprint density at radius 2 is 2.14 bits per heavy atom. The van der Waals surface area contributed by atoms with Crippen LogP contribution in [0.1, 0.15) is 35.5 Å². The van der Waals surface area contributed by atoms with E-state index >= 15 is 0 Å². The summed E-state index contributed by atoms with van der Waals surface area (Å²) >= 11 is 0. The van der Waals surface area contributed by atoms with E-state index in [1.54, 1.807) is 0 Å². The van der Waals surface area contributed by atoms with E-state index in [1.165, 1.54) is 25.0 Å². The van der Waals surface area contributed by atoms with E-state index < -0.39 is 11.6 Å². The standard InChI is InChI=1S/C21H20F2N2O3/c22-14-2-4-19(17(23)8-14)27-11-15-9-18(25-28-15)20(26)24-10-12-7-13-1-3-16(12)21(13)5-6-21/h1-4,8-9,12-13,16H,5-7,10-11H2,(H,24,26)/t12-,13-,16-/m1/s1. The van der Waals surface area contributed by atoms with Crippen LogP contribution in [-0.4, -0.2) is 17.6 Å². The summed E-state index contributed by atoms with van der Waals surface area (Å²) in [4.78, 5) is 12.4. The number of rotatable bonds is 6. The van der Waals surface area contributed by atoms with Crippen LogP contribution in [0.2, 0.25) is 0 Å². The topological polar surface area (TPSA) is 64.4 Å². The summed E-state index contributed by atoms with van der Waals surface area (Å²) in [6, 6.07) is 4.52. The second-order valence-corrected chi connectivity index (χ2v) is 8.00. The van der Waals surface area contributed by atoms with Gasteiger partial charge in [0, 0.05) is 18.7 Å². The maximum Gasteiger partial charge on any atom is 0.273 e. The summed E-state index contributed by atoms with van der Waals surface area (Å²) in [5, 5.41) is 6.72. The van der Waals surface area contributed by atoms with Crippen molar-refractivity contribution < 1.29 is 22.8 Å². The lowest BCUT2D eigenvalue weighted by Crippen LogP contribution is -2.31. The smallest absolute Gasteiger partial charge is 0.273 e. The number of carbonyl (C=O) groups is 1. The van der Waals surface area contributed by atoms with Gasteiger partial charge in [-0.3, -0.25) is 4.79 Å². The number of amides is 1. The van der Waals surface area contributed by atoms with Crippen molar-refractivity contribution in [2.45, 2.75) is 25.9 Å². The average Bonchev–Trinajstić information content (AvgIpc) is 3.09. The summed E-state index contributed by atoms with van der Waals surface area (Å²) in [6.45, 7) is 0.522. The molecule has 5 rings (SSSR count). The zero-order chi connectivity index (χ0) is 19.3. The van der Waals surface area contributed by atoms with E-state index in [-0.39, 0.29) is 29.7 Å². The molecule has 1 spiro atoms. The van der Waals surface area contributed by atoms with Gasteiger partial charge >= 0.3 is 0 Å². The van der Waals surface area contributed by atoms with Crippen LogP contribution in [0, 0.1) is 34.8 Å². The predicted octanol–water partition coefficient (Wildman–Crippen LogP) is 3.86. The Hall–Kier alpha value is -2.70. The van der Waals surface area contributed by atoms with Crippen LogP contribution in [0.3, 0.4) is 0 Å². The molecule has 3 atom stereocenters. The van der Waals surface area contributed by atoms with Gasteiger partial charge in [0.15, 0.2) is 23.0 Å². The van der Waals surface area contributed by atoms with Gasteiger partial charge in [-0.15, -0.1) is 0 Å². The number of nitrogens with one attached hydrogen (secondary N) is 1. The largest absolute Gasteiger partial charge is 0.482 e. The van der Waals surface area contributed by atoms with E-state index in [0.29, 0.717) is 29.7 Å². The molecule has 146 valence electrons. The van der Waals surface area contributed by atoms with Crippen molar-refractivity contribution >= 4 is 5.91 Å². The first-order chi connectivity index (χ1) is 13.5. The SMILES string of the molecule is O=C(NC[C@H]1C[C@H]2C=C[C@H]1C21CC1)c1cc(COc2ccc(F)cc2F)on1. The van der Waals surface area contributed by atoms with Gasteiger partial charge in [-0.05, 0) is 54.6 Å². The Labute approximate surface area is 160 Å². The van der Waals surface area contributed by atoms with Crippen molar-refractivity contribution in [1.82, 2.24) is 10.5 Å². The number of halogens is 2. The summed E-state index contributed by atoms with van der Waals surface area (Å²) in [7, 11) is 0. The van der Waals surface area contributed by atoms with Gasteiger partial charge in [-0.2, -0.15) is 0 Å². The number of carbonyl (C=O) groups excluding carboxylic acids is 1. The molecular formula is C21H20F2N2O3. The highest BCUT2D eigenvalue weighted by atomic mass is 19.1. The molecule has 0 aliphatic heterocycles. The van der Waals surface area contributed by atoms with Gasteiger partial charge < -0.3 is 14.6 Å². The summed E-state index contributed by atoms with van der Waals surface area (Å²) in [5.41, 5.74) is 0.668. The molecule has 1 aromatic carbocycles. The average molecular weight is 386 g/mol. The van der Waals surface area contributed by atoms with Gasteiger partial charge in [-0.25, -0.2) is 8.78 Å². The number of nitrogens with zero attached hydrogens (tertiary/aromatic N) is 1. The first-order valence-corrected chi connectivity index (χ1v) is 9.55. The maximum atomic E-state index is 13.6. The van der Waals surface area contributed by atoms with Crippen LogP contribution < -0.4 is 10.1 Å². The second-order valence-electron chi connectivity index (χ2n) is 8.00. The van der Waals surface area contributed by atoms with Crippen molar-refractivity contribution in [3.8, 4) is 5.75 Å². The summed E-state index contributed by atoms with van der Waals surface area (Å²) < 4.78 is 36.8. The van der Waals surface area contributed by atoms with Crippen molar-refractivity contribution in [2.24, 2.45) is 23.2 Å². The van der Waals surface area contributed by atoms with Gasteiger partial charge in [-0.1, -0.05) is 17.3 Å². The zero-order valence-corrected chi connectivity index (χ0v) is 15.2. The summed E-state index contributed by atoms with van der Waals surface area (Å²) in [6.07, 6.45) is 8.44. The van der Waals surface area contributed by atoms with Gasteiger partial charge in [0.2, 0.25) is 0 Å². The minimum atomic E-state index is -0.800. The molecule has 0 saturated heterocycles. The van der Waals surface area contributed by atoms with Crippen LogP contribution in [0.15, 0.2) is 40.9 Å². The molecule has 0 unspecified atom stereocenters. The minimum Gasteiger partial charge on any atom is -0.482 e. The predicted molar refractivity (Wildman–Crippen MR) is 95.4 cm³/mol. The molecule has 0 radical (unpaired) electrons. The third-order valence-electron chi connectivity index (χ3n) is 6.43. The molecular weight excluding hydrogens is 366 g/mol. The molecule has 2 fully saturated rings. The number of ether oxygens (including phenoxy) is 1. The number of hydrogen-bond donors (Lipinski definition) is 1. The highest BCUT2D eigenvalue weighted by molar-refractivity contribution is 5.92. The first-order valence-electron chi connectivity index (χ1n) is 9.55. The van der Waals surface area contributed by atoms with E-state index in [9.17, 15) is 13.6 Å². The molecule has 7 heteroatoms. The molecule has 2 aromatic rings. The fourth-order valence-electron chi connectivity index (χ4n) is 4.90. The van der Waals surface area contributed by atoms with Crippen LogP contribution in [-0.2, 0) is 6.61 Å². The van der Waals surface area contributed by atoms with E-state index in [1.807, 2.05) is 0 Å². The highest BCUT2D eigenvalue weighted by Gasteiger charge is 2.62. The van der Waals surface area contributed by atoms with E-state index in [0.717, 1.165) is 18.6 Å². The molecule has 1 aromatic heterocycles. The highest BCUT2D eigenvalue weighted by Crippen LogP contribution is 2.69. The monoisotopic (exact) mass is 386 g/mol. The lowest BCUT2D eigenvalue weighted by atomic mass is 9.89. The van der Waals surface area contributed by atoms with E-state index in [2.05, 4.69) is 22.6 Å². The number of hydrogen-bond acceptors (Lipinski definition) is 4. The zero-order valence-electron chi connectivity index (χ0n) is 15.2. The first kappa shape index (κ1) is 17.4. The summed E-state index contributed by atoms with van der Waals surface area (Å²) in [5.74, 6) is 0.174. The molecule has 3 aliphatic carbocycles. The number of allylic oxidation sites excluding steroid dienone is 2. The molecule has 1 amide bonds. The molecule has 28 heavy (non-hydrogen) atoms. The Kier molecular flexibility index (Phi) is 4.00. The van der Waals surface area contributed by atoms with Crippen molar-refractivity contribution in [1.29, 1.82) is 0 Å². The van der Waals surface area contributed by atoms with Gasteiger partial charge in [0.05, 0.1) is 0 Å². The normalized spacial score (nSPS) is 26.0. The quantitative estimate of drug-likeness (QED) is 0.766. The Morgan fingerprint density at radius 3 is 2.89 bits per heavy atom. The van der Waals surface area contributed by atoms with Crippen LogP contribution in [0.4, 0.5) is 8.78 Å². The fraction of sp³-hybridized carbons (Fsp3) is 0.429.